The van der Waals surface area contributed by atoms with Crippen molar-refractivity contribution in [3.8, 4) is 0 Å². The molecule has 1 aliphatic heterocycles. The molecule has 1 aliphatic carbocycles. The third-order valence-corrected chi connectivity index (χ3v) is 5.70. The summed E-state index contributed by atoms with van der Waals surface area (Å²) >= 11 is 0. The summed E-state index contributed by atoms with van der Waals surface area (Å²) in [7, 11) is 1.65. The van der Waals surface area contributed by atoms with Gasteiger partial charge in [0, 0.05) is 26.8 Å². The summed E-state index contributed by atoms with van der Waals surface area (Å²) in [5, 5.41) is 2.87. The summed E-state index contributed by atoms with van der Waals surface area (Å²) in [4.78, 5) is 13.8. The normalized spacial score (nSPS) is 26.0. The van der Waals surface area contributed by atoms with E-state index < -0.39 is 17.6 Å². The number of alkyl halides is 3. The average molecular weight is 336 g/mol. The highest BCUT2D eigenvalue weighted by molar-refractivity contribution is 5.75. The molecular formula is C16H27F3N2O2. The molecule has 2 fully saturated rings. The van der Waals surface area contributed by atoms with Gasteiger partial charge in [0.2, 0.25) is 0 Å². The number of methoxy groups -OCH3 is 1. The van der Waals surface area contributed by atoms with E-state index in [9.17, 15) is 18.0 Å². The van der Waals surface area contributed by atoms with Crippen molar-refractivity contribution in [3.05, 3.63) is 0 Å². The molecule has 1 saturated carbocycles. The van der Waals surface area contributed by atoms with Crippen LogP contribution < -0.4 is 5.32 Å². The van der Waals surface area contributed by atoms with Crippen LogP contribution in [-0.4, -0.2) is 49.5 Å². The van der Waals surface area contributed by atoms with Crippen LogP contribution in [0, 0.1) is 11.3 Å². The summed E-state index contributed by atoms with van der Waals surface area (Å²) in [5.74, 6) is -1.47. The molecule has 23 heavy (non-hydrogen) atoms. The van der Waals surface area contributed by atoms with Gasteiger partial charge in [0.15, 0.2) is 0 Å². The van der Waals surface area contributed by atoms with Crippen LogP contribution in [-0.2, 0) is 4.74 Å². The van der Waals surface area contributed by atoms with Crippen molar-refractivity contribution in [1.82, 2.24) is 10.2 Å². The molecule has 1 atom stereocenters. The van der Waals surface area contributed by atoms with Gasteiger partial charge < -0.3 is 15.0 Å². The van der Waals surface area contributed by atoms with E-state index in [1.54, 1.807) is 7.11 Å². The first-order valence-corrected chi connectivity index (χ1v) is 8.23. The van der Waals surface area contributed by atoms with Gasteiger partial charge in [0.05, 0.1) is 11.5 Å². The fourth-order valence-corrected chi connectivity index (χ4v) is 3.88. The third kappa shape index (κ3) is 3.75. The Bertz CT molecular complexity index is 434. The molecule has 0 aromatic rings. The second kappa shape index (κ2) is 6.49. The van der Waals surface area contributed by atoms with Crippen molar-refractivity contribution in [3.63, 3.8) is 0 Å². The minimum absolute atomic E-state index is 0.0290. The highest BCUT2D eigenvalue weighted by Crippen LogP contribution is 2.45. The van der Waals surface area contributed by atoms with E-state index in [0.29, 0.717) is 13.2 Å². The number of carbonyl (C=O) groups is 1. The molecular weight excluding hydrogens is 309 g/mol. The minimum Gasteiger partial charge on any atom is -0.385 e. The van der Waals surface area contributed by atoms with Gasteiger partial charge in [-0.05, 0) is 44.9 Å². The number of urea groups is 1. The molecule has 1 heterocycles. The zero-order valence-electron chi connectivity index (χ0n) is 14.1. The Labute approximate surface area is 135 Å². The molecule has 0 radical (unpaired) electrons. The third-order valence-electron chi connectivity index (χ3n) is 5.70. The van der Waals surface area contributed by atoms with E-state index in [2.05, 4.69) is 5.32 Å². The Balaban J connectivity index is 1.93. The number of nitrogens with zero attached hydrogens (tertiary/aromatic N) is 1. The fraction of sp³-hybridized carbons (Fsp3) is 0.938. The number of halogens is 3. The predicted molar refractivity (Wildman–Crippen MR) is 81.1 cm³/mol. The van der Waals surface area contributed by atoms with Gasteiger partial charge >= 0.3 is 12.2 Å². The second-order valence-electron chi connectivity index (χ2n) is 7.44. The maximum atomic E-state index is 13.1. The number of hydrogen-bond donors (Lipinski definition) is 1. The number of amides is 2. The maximum absolute atomic E-state index is 13.1. The minimum atomic E-state index is -4.27. The van der Waals surface area contributed by atoms with E-state index in [0.717, 1.165) is 25.7 Å². The van der Waals surface area contributed by atoms with E-state index in [4.69, 9.17) is 4.74 Å². The van der Waals surface area contributed by atoms with Crippen LogP contribution in [0.5, 0.6) is 0 Å². The number of likely N-dealkylation sites (tertiary alicyclic amines) is 1. The Morgan fingerprint density at radius 2 is 2.00 bits per heavy atom. The molecule has 0 spiro atoms. The summed E-state index contributed by atoms with van der Waals surface area (Å²) in [5.41, 5.74) is -1.15. The molecule has 0 unspecified atom stereocenters. The number of carbonyl (C=O) groups excluding carboxylic acids is 1. The summed E-state index contributed by atoms with van der Waals surface area (Å²) in [6.07, 6.45) is -0.232. The number of nitrogens with one attached hydrogen (secondary N) is 1. The van der Waals surface area contributed by atoms with Gasteiger partial charge in [-0.15, -0.1) is 0 Å². The largest absolute Gasteiger partial charge is 0.394 e. The smallest absolute Gasteiger partial charge is 0.385 e. The van der Waals surface area contributed by atoms with Gasteiger partial charge in [-0.2, -0.15) is 13.2 Å². The first-order valence-electron chi connectivity index (χ1n) is 8.23. The van der Waals surface area contributed by atoms with Crippen LogP contribution in [0.3, 0.4) is 0 Å². The lowest BCUT2D eigenvalue weighted by atomic mass is 9.67. The highest BCUT2D eigenvalue weighted by atomic mass is 19.4. The van der Waals surface area contributed by atoms with Crippen molar-refractivity contribution in [2.45, 2.75) is 57.7 Å². The molecule has 1 N–H and O–H groups in total. The standard InChI is InChI=1S/C16H27F3N2O2/c1-14(2)12(16(17,18)19)5-9-21(14)13(22)20-11-15(6-4-7-15)8-10-23-3/h12H,4-11H2,1-3H3,(H,20,22)/t12-/m1/s1. The van der Waals surface area contributed by atoms with Crippen molar-refractivity contribution in [1.29, 1.82) is 0 Å². The first kappa shape index (κ1) is 18.4. The summed E-state index contributed by atoms with van der Waals surface area (Å²) < 4.78 is 44.4. The van der Waals surface area contributed by atoms with Crippen LogP contribution in [0.25, 0.3) is 0 Å². The maximum Gasteiger partial charge on any atom is 0.394 e. The van der Waals surface area contributed by atoms with Crippen molar-refractivity contribution in [2.75, 3.05) is 26.8 Å². The van der Waals surface area contributed by atoms with Crippen molar-refractivity contribution < 1.29 is 22.7 Å². The van der Waals surface area contributed by atoms with Gasteiger partial charge in [-0.25, -0.2) is 4.79 Å². The van der Waals surface area contributed by atoms with E-state index >= 15 is 0 Å². The first-order chi connectivity index (χ1) is 10.6. The van der Waals surface area contributed by atoms with Crippen LogP contribution in [0.1, 0.15) is 46.0 Å². The molecule has 134 valence electrons. The topological polar surface area (TPSA) is 41.6 Å². The quantitative estimate of drug-likeness (QED) is 0.834. The SMILES string of the molecule is COCCC1(CNC(=O)N2CC[C@@H](C(F)(F)F)C2(C)C)CCC1. The van der Waals surface area contributed by atoms with Crippen LogP contribution >= 0.6 is 0 Å². The van der Waals surface area contributed by atoms with Crippen molar-refractivity contribution in [2.24, 2.45) is 11.3 Å². The lowest BCUT2D eigenvalue weighted by Crippen LogP contribution is -2.54. The Kier molecular flexibility index (Phi) is 5.18. The lowest BCUT2D eigenvalue weighted by Gasteiger charge is -2.43. The highest BCUT2D eigenvalue weighted by Gasteiger charge is 2.56. The Morgan fingerprint density at radius 1 is 1.35 bits per heavy atom. The van der Waals surface area contributed by atoms with E-state index in [1.807, 2.05) is 0 Å². The second-order valence-corrected chi connectivity index (χ2v) is 7.44. The monoisotopic (exact) mass is 336 g/mol. The van der Waals surface area contributed by atoms with E-state index in [1.165, 1.54) is 18.7 Å². The van der Waals surface area contributed by atoms with E-state index in [-0.39, 0.29) is 24.4 Å². The molecule has 2 amide bonds. The van der Waals surface area contributed by atoms with Gasteiger partial charge in [0.25, 0.3) is 0 Å². The number of hydrogen-bond acceptors (Lipinski definition) is 2. The van der Waals surface area contributed by atoms with Gasteiger partial charge in [-0.1, -0.05) is 6.42 Å². The molecule has 7 heteroatoms. The number of rotatable bonds is 5. The molecule has 0 bridgehead atoms. The van der Waals surface area contributed by atoms with Crippen molar-refractivity contribution >= 4 is 6.03 Å². The van der Waals surface area contributed by atoms with Crippen LogP contribution in [0.4, 0.5) is 18.0 Å². The molecule has 2 aliphatic rings. The van der Waals surface area contributed by atoms with Gasteiger partial charge in [0.1, 0.15) is 0 Å². The Hall–Kier alpha value is -0.980. The molecule has 2 rings (SSSR count). The lowest BCUT2D eigenvalue weighted by molar-refractivity contribution is -0.189. The van der Waals surface area contributed by atoms with Gasteiger partial charge in [-0.3, -0.25) is 0 Å². The average Bonchev–Trinajstić information content (AvgIpc) is 2.72. The zero-order valence-corrected chi connectivity index (χ0v) is 14.1. The molecule has 0 aromatic carbocycles. The summed E-state index contributed by atoms with van der Waals surface area (Å²) in [6, 6.07) is -0.384. The molecule has 1 saturated heterocycles. The predicted octanol–water partition coefficient (Wildman–Crippen LogP) is 3.57. The zero-order chi connectivity index (χ0) is 17.3. The molecule has 4 nitrogen and oxygen atoms in total. The Morgan fingerprint density at radius 3 is 2.43 bits per heavy atom. The van der Waals surface area contributed by atoms with Crippen LogP contribution in [0.15, 0.2) is 0 Å². The van der Waals surface area contributed by atoms with Crippen LogP contribution in [0.2, 0.25) is 0 Å². The fourth-order valence-electron chi connectivity index (χ4n) is 3.88. The number of ether oxygens (including phenoxy) is 1. The summed E-state index contributed by atoms with van der Waals surface area (Å²) in [6.45, 7) is 4.30. The molecule has 0 aromatic heterocycles.